The number of urea groups is 1. The summed E-state index contributed by atoms with van der Waals surface area (Å²) in [5.41, 5.74) is 4.89. The van der Waals surface area contributed by atoms with Crippen LogP contribution in [0.3, 0.4) is 0 Å². The molecular weight excluding hydrogens is 324 g/mol. The number of halogens is 1. The standard InChI is InChI=1S/C10H9BrN2O4S/c11-7-2-1-5(3-6(7)9(15)16)18-4-8(14)13-10(12)17/h1-3H,4H2,(H,15,16)(H3,12,13,14,17). The Morgan fingerprint density at radius 3 is 2.61 bits per heavy atom. The average molecular weight is 333 g/mol. The molecule has 0 fully saturated rings. The second-order valence-electron chi connectivity index (χ2n) is 3.15. The summed E-state index contributed by atoms with van der Waals surface area (Å²) >= 11 is 4.22. The second-order valence-corrected chi connectivity index (χ2v) is 5.05. The van der Waals surface area contributed by atoms with E-state index in [0.717, 1.165) is 11.8 Å². The van der Waals surface area contributed by atoms with Gasteiger partial charge in [0.1, 0.15) is 0 Å². The first-order chi connectivity index (χ1) is 8.40. The molecule has 6 nitrogen and oxygen atoms in total. The first-order valence-electron chi connectivity index (χ1n) is 4.65. The van der Waals surface area contributed by atoms with Gasteiger partial charge in [-0.1, -0.05) is 0 Å². The van der Waals surface area contributed by atoms with Crippen molar-refractivity contribution in [3.05, 3.63) is 28.2 Å². The zero-order chi connectivity index (χ0) is 13.7. The summed E-state index contributed by atoms with van der Waals surface area (Å²) < 4.78 is 0.459. The topological polar surface area (TPSA) is 109 Å². The largest absolute Gasteiger partial charge is 0.478 e. The number of hydrogen-bond donors (Lipinski definition) is 3. The van der Waals surface area contributed by atoms with Crippen LogP contribution in [0.15, 0.2) is 27.6 Å². The monoisotopic (exact) mass is 332 g/mol. The van der Waals surface area contributed by atoms with E-state index in [9.17, 15) is 14.4 Å². The van der Waals surface area contributed by atoms with Gasteiger partial charge in [-0.05, 0) is 34.1 Å². The number of carboxylic acids is 1. The quantitative estimate of drug-likeness (QED) is 0.722. The highest BCUT2D eigenvalue weighted by Crippen LogP contribution is 2.24. The van der Waals surface area contributed by atoms with Crippen LogP contribution in [0.5, 0.6) is 0 Å². The Morgan fingerprint density at radius 1 is 1.39 bits per heavy atom. The number of nitrogens with one attached hydrogen (secondary N) is 1. The number of thioether (sulfide) groups is 1. The number of aromatic carboxylic acids is 1. The van der Waals surface area contributed by atoms with Gasteiger partial charge in [-0.2, -0.15) is 0 Å². The second kappa shape index (κ2) is 6.41. The molecule has 0 aliphatic heterocycles. The number of nitrogens with two attached hydrogens (primary N) is 1. The van der Waals surface area contributed by atoms with E-state index < -0.39 is 17.9 Å². The normalized spacial score (nSPS) is 9.83. The maximum atomic E-state index is 11.2. The number of carboxylic acid groups (broad SMARTS) is 1. The number of carbonyl (C=O) groups excluding carboxylic acids is 2. The van der Waals surface area contributed by atoms with Crippen LogP contribution in [0.1, 0.15) is 10.4 Å². The summed E-state index contributed by atoms with van der Waals surface area (Å²) in [6.07, 6.45) is 0. The molecule has 4 N–H and O–H groups in total. The van der Waals surface area contributed by atoms with E-state index in [1.54, 1.807) is 12.1 Å². The lowest BCUT2D eigenvalue weighted by molar-refractivity contribution is -0.117. The van der Waals surface area contributed by atoms with Crippen LogP contribution in [-0.4, -0.2) is 28.8 Å². The molecule has 1 aromatic rings. The maximum absolute atomic E-state index is 11.2. The molecule has 0 spiro atoms. The van der Waals surface area contributed by atoms with Crippen molar-refractivity contribution in [3.63, 3.8) is 0 Å². The van der Waals surface area contributed by atoms with E-state index >= 15 is 0 Å². The smallest absolute Gasteiger partial charge is 0.336 e. The Morgan fingerprint density at radius 2 is 2.06 bits per heavy atom. The molecule has 0 heterocycles. The van der Waals surface area contributed by atoms with Crippen molar-refractivity contribution in [3.8, 4) is 0 Å². The van der Waals surface area contributed by atoms with Gasteiger partial charge in [0.2, 0.25) is 5.91 Å². The summed E-state index contributed by atoms with van der Waals surface area (Å²) in [6, 6.07) is 3.77. The van der Waals surface area contributed by atoms with E-state index in [0.29, 0.717) is 9.37 Å². The van der Waals surface area contributed by atoms with E-state index in [1.165, 1.54) is 6.07 Å². The van der Waals surface area contributed by atoms with Crippen LogP contribution in [0.25, 0.3) is 0 Å². The molecule has 0 bridgehead atoms. The lowest BCUT2D eigenvalue weighted by Gasteiger charge is -2.04. The SMILES string of the molecule is NC(=O)NC(=O)CSc1ccc(Br)c(C(=O)O)c1. The van der Waals surface area contributed by atoms with Gasteiger partial charge in [0, 0.05) is 9.37 Å². The van der Waals surface area contributed by atoms with Gasteiger partial charge in [0.15, 0.2) is 0 Å². The summed E-state index contributed by atoms with van der Waals surface area (Å²) in [4.78, 5) is 33.0. The molecular formula is C10H9BrN2O4S. The summed E-state index contributed by atoms with van der Waals surface area (Å²) in [7, 11) is 0. The van der Waals surface area contributed by atoms with Crippen molar-refractivity contribution in [2.75, 3.05) is 5.75 Å². The predicted octanol–water partition coefficient (Wildman–Crippen LogP) is 1.43. The van der Waals surface area contributed by atoms with Crippen molar-refractivity contribution < 1.29 is 19.5 Å². The van der Waals surface area contributed by atoms with E-state index in [1.807, 2.05) is 5.32 Å². The molecule has 0 radical (unpaired) electrons. The highest BCUT2D eigenvalue weighted by Gasteiger charge is 2.10. The van der Waals surface area contributed by atoms with E-state index in [2.05, 4.69) is 15.9 Å². The molecule has 1 aromatic carbocycles. The van der Waals surface area contributed by atoms with Crippen LogP contribution in [0.4, 0.5) is 4.79 Å². The Labute approximate surface area is 115 Å². The number of primary amides is 1. The van der Waals surface area contributed by atoms with Crippen LogP contribution < -0.4 is 11.1 Å². The van der Waals surface area contributed by atoms with Crippen LogP contribution in [0, 0.1) is 0 Å². The number of amides is 3. The number of benzene rings is 1. The lowest BCUT2D eigenvalue weighted by Crippen LogP contribution is -2.36. The number of carbonyl (C=O) groups is 3. The molecule has 18 heavy (non-hydrogen) atoms. The number of hydrogen-bond acceptors (Lipinski definition) is 4. The molecule has 0 unspecified atom stereocenters. The molecule has 8 heteroatoms. The lowest BCUT2D eigenvalue weighted by atomic mass is 10.2. The minimum atomic E-state index is -1.06. The Balaban J connectivity index is 2.69. The Kier molecular flexibility index (Phi) is 5.17. The maximum Gasteiger partial charge on any atom is 0.336 e. The third-order valence-corrected chi connectivity index (χ3v) is 3.49. The van der Waals surface area contributed by atoms with Crippen molar-refractivity contribution in [1.82, 2.24) is 5.32 Å². The third kappa shape index (κ3) is 4.38. The van der Waals surface area contributed by atoms with E-state index in [-0.39, 0.29) is 11.3 Å². The van der Waals surface area contributed by atoms with Gasteiger partial charge in [0.25, 0.3) is 0 Å². The van der Waals surface area contributed by atoms with Gasteiger partial charge in [-0.3, -0.25) is 10.1 Å². The molecule has 0 saturated heterocycles. The fraction of sp³-hybridized carbons (Fsp3) is 0.100. The molecule has 0 aromatic heterocycles. The van der Waals surface area contributed by atoms with Crippen LogP contribution >= 0.6 is 27.7 Å². The van der Waals surface area contributed by atoms with E-state index in [4.69, 9.17) is 10.8 Å². The van der Waals surface area contributed by atoms with Gasteiger partial charge in [0.05, 0.1) is 11.3 Å². The number of imide groups is 1. The minimum absolute atomic E-state index is 0.0242. The fourth-order valence-electron chi connectivity index (χ4n) is 1.08. The van der Waals surface area contributed by atoms with Crippen molar-refractivity contribution in [1.29, 1.82) is 0 Å². The van der Waals surface area contributed by atoms with Crippen LogP contribution in [-0.2, 0) is 4.79 Å². The first kappa shape index (κ1) is 14.5. The molecule has 0 saturated carbocycles. The van der Waals surface area contributed by atoms with Gasteiger partial charge in [-0.25, -0.2) is 9.59 Å². The summed E-state index contributed by atoms with van der Waals surface area (Å²) in [5, 5.41) is 10.8. The third-order valence-electron chi connectivity index (χ3n) is 1.80. The molecule has 3 amide bonds. The first-order valence-corrected chi connectivity index (χ1v) is 6.43. The molecule has 0 aliphatic carbocycles. The molecule has 0 aliphatic rings. The Hall–Kier alpha value is -1.54. The van der Waals surface area contributed by atoms with Gasteiger partial charge < -0.3 is 10.8 Å². The Bertz CT molecular complexity index is 507. The number of rotatable bonds is 4. The molecule has 0 atom stereocenters. The van der Waals surface area contributed by atoms with Crippen molar-refractivity contribution in [2.45, 2.75) is 4.90 Å². The van der Waals surface area contributed by atoms with Crippen molar-refractivity contribution in [2.24, 2.45) is 5.73 Å². The minimum Gasteiger partial charge on any atom is -0.478 e. The highest BCUT2D eigenvalue weighted by molar-refractivity contribution is 9.10. The molecule has 1 rings (SSSR count). The predicted molar refractivity (Wildman–Crippen MR) is 69.6 cm³/mol. The zero-order valence-electron chi connectivity index (χ0n) is 8.97. The molecule has 96 valence electrons. The van der Waals surface area contributed by atoms with Gasteiger partial charge >= 0.3 is 12.0 Å². The van der Waals surface area contributed by atoms with Crippen molar-refractivity contribution >= 4 is 45.6 Å². The average Bonchev–Trinajstić information content (AvgIpc) is 2.26. The summed E-state index contributed by atoms with van der Waals surface area (Å²) in [6.45, 7) is 0. The summed E-state index contributed by atoms with van der Waals surface area (Å²) in [5.74, 6) is -1.62. The zero-order valence-corrected chi connectivity index (χ0v) is 11.4. The highest BCUT2D eigenvalue weighted by atomic mass is 79.9. The van der Waals surface area contributed by atoms with Gasteiger partial charge in [-0.15, -0.1) is 11.8 Å². The fourth-order valence-corrected chi connectivity index (χ4v) is 2.23. The van der Waals surface area contributed by atoms with Crippen LogP contribution in [0.2, 0.25) is 0 Å².